The van der Waals surface area contributed by atoms with Crippen molar-refractivity contribution >= 4 is 10.9 Å². The van der Waals surface area contributed by atoms with Crippen molar-refractivity contribution in [2.24, 2.45) is 0 Å². The van der Waals surface area contributed by atoms with Crippen LogP contribution >= 0.6 is 0 Å². The summed E-state index contributed by atoms with van der Waals surface area (Å²) >= 11 is 0. The zero-order valence-electron chi connectivity index (χ0n) is 11.0. The van der Waals surface area contributed by atoms with Gasteiger partial charge in [-0.25, -0.2) is 0 Å². The molecular weight excluding hydrogens is 206 g/mol. The number of hydrogen-bond acceptors (Lipinski definition) is 1. The molecule has 0 aliphatic heterocycles. The molecular formula is C16H21N. The van der Waals surface area contributed by atoms with Crippen LogP contribution in [0, 0.1) is 0 Å². The Hall–Kier alpha value is -1.37. The van der Waals surface area contributed by atoms with Gasteiger partial charge in [0.25, 0.3) is 0 Å². The van der Waals surface area contributed by atoms with Crippen LogP contribution in [-0.4, -0.2) is 4.98 Å². The van der Waals surface area contributed by atoms with E-state index in [-0.39, 0.29) is 5.41 Å². The van der Waals surface area contributed by atoms with Crippen molar-refractivity contribution < 1.29 is 0 Å². The van der Waals surface area contributed by atoms with Crippen LogP contribution in [0.2, 0.25) is 0 Å². The minimum Gasteiger partial charge on any atom is -0.256 e. The van der Waals surface area contributed by atoms with Crippen molar-refractivity contribution in [2.75, 3.05) is 0 Å². The number of hydrogen-bond donors (Lipinski definition) is 0. The number of para-hydroxylation sites is 1. The largest absolute Gasteiger partial charge is 0.256 e. The smallest absolute Gasteiger partial charge is 0.0702 e. The first-order valence-electron chi connectivity index (χ1n) is 6.55. The second-order valence-corrected chi connectivity index (χ2v) is 5.08. The molecule has 90 valence electrons. The Kier molecular flexibility index (Phi) is 3.46. The van der Waals surface area contributed by atoms with Crippen molar-refractivity contribution in [1.82, 2.24) is 4.98 Å². The molecule has 0 aliphatic carbocycles. The molecule has 1 nitrogen and oxygen atoms in total. The molecule has 0 aliphatic rings. The third-order valence-corrected chi connectivity index (χ3v) is 3.87. The van der Waals surface area contributed by atoms with Crippen molar-refractivity contribution in [3.8, 4) is 0 Å². The molecule has 2 aromatic rings. The van der Waals surface area contributed by atoms with Gasteiger partial charge in [0.1, 0.15) is 0 Å². The van der Waals surface area contributed by atoms with Crippen molar-refractivity contribution in [1.29, 1.82) is 0 Å². The van der Waals surface area contributed by atoms with Crippen LogP contribution in [0.3, 0.4) is 0 Å². The zero-order valence-corrected chi connectivity index (χ0v) is 11.0. The number of pyridine rings is 1. The van der Waals surface area contributed by atoms with Crippen LogP contribution < -0.4 is 0 Å². The maximum absolute atomic E-state index is 4.58. The topological polar surface area (TPSA) is 12.9 Å². The van der Waals surface area contributed by atoms with Gasteiger partial charge in [-0.1, -0.05) is 45.4 Å². The number of fused-ring (bicyclic) bond motifs is 1. The molecule has 0 radical (unpaired) electrons. The van der Waals surface area contributed by atoms with E-state index < -0.39 is 0 Å². The van der Waals surface area contributed by atoms with Gasteiger partial charge in [0.05, 0.1) is 5.52 Å². The maximum atomic E-state index is 4.58. The van der Waals surface area contributed by atoms with Crippen molar-refractivity contribution in [3.05, 3.63) is 42.1 Å². The zero-order chi connectivity index (χ0) is 12.3. The van der Waals surface area contributed by atoms with Crippen LogP contribution in [0.15, 0.2) is 36.5 Å². The van der Waals surface area contributed by atoms with Crippen molar-refractivity contribution in [3.63, 3.8) is 0 Å². The molecule has 0 saturated carbocycles. The highest BCUT2D eigenvalue weighted by Crippen LogP contribution is 2.33. The summed E-state index contributed by atoms with van der Waals surface area (Å²) in [5.74, 6) is 0. The minimum atomic E-state index is 0.270. The SMILES string of the molecule is CCCC(C)(CC)c1cnc2ccccc2c1. The van der Waals surface area contributed by atoms with E-state index in [9.17, 15) is 0 Å². The highest BCUT2D eigenvalue weighted by molar-refractivity contribution is 5.78. The number of rotatable bonds is 4. The molecule has 1 unspecified atom stereocenters. The molecule has 17 heavy (non-hydrogen) atoms. The summed E-state index contributed by atoms with van der Waals surface area (Å²) < 4.78 is 0. The molecule has 0 fully saturated rings. The highest BCUT2D eigenvalue weighted by Gasteiger charge is 2.23. The van der Waals surface area contributed by atoms with Gasteiger partial charge in [0.2, 0.25) is 0 Å². The molecule has 0 N–H and O–H groups in total. The fourth-order valence-corrected chi connectivity index (χ4v) is 2.48. The third kappa shape index (κ3) is 2.33. The first-order valence-corrected chi connectivity index (χ1v) is 6.55. The molecule has 1 aromatic heterocycles. The van der Waals surface area contributed by atoms with Crippen LogP contribution in [-0.2, 0) is 5.41 Å². The van der Waals surface area contributed by atoms with Gasteiger partial charge >= 0.3 is 0 Å². The number of nitrogens with zero attached hydrogens (tertiary/aromatic N) is 1. The molecule has 0 saturated heterocycles. The van der Waals surface area contributed by atoms with Crippen LogP contribution in [0.25, 0.3) is 10.9 Å². The van der Waals surface area contributed by atoms with E-state index in [2.05, 4.69) is 56.2 Å². The molecule has 0 amide bonds. The van der Waals surface area contributed by atoms with Gasteiger partial charge in [0, 0.05) is 11.6 Å². The molecule has 0 bridgehead atoms. The van der Waals surface area contributed by atoms with Gasteiger partial charge in [-0.15, -0.1) is 0 Å². The lowest BCUT2D eigenvalue weighted by Gasteiger charge is -2.28. The average molecular weight is 227 g/mol. The Balaban J connectivity index is 2.47. The Morgan fingerprint density at radius 3 is 2.65 bits per heavy atom. The average Bonchev–Trinajstić information content (AvgIpc) is 2.38. The van der Waals surface area contributed by atoms with E-state index in [0.29, 0.717) is 0 Å². The second-order valence-electron chi connectivity index (χ2n) is 5.08. The Morgan fingerprint density at radius 2 is 1.94 bits per heavy atom. The van der Waals surface area contributed by atoms with E-state index in [4.69, 9.17) is 0 Å². The number of aromatic nitrogens is 1. The molecule has 1 heteroatoms. The Bertz CT molecular complexity index is 504. The molecule has 1 heterocycles. The first-order chi connectivity index (χ1) is 8.19. The summed E-state index contributed by atoms with van der Waals surface area (Å²) in [5, 5.41) is 1.25. The summed E-state index contributed by atoms with van der Waals surface area (Å²) in [6, 6.07) is 10.6. The summed E-state index contributed by atoms with van der Waals surface area (Å²) in [6.07, 6.45) is 5.67. The summed E-state index contributed by atoms with van der Waals surface area (Å²) in [4.78, 5) is 4.58. The lowest BCUT2D eigenvalue weighted by Crippen LogP contribution is -2.20. The lowest BCUT2D eigenvalue weighted by atomic mass is 9.77. The van der Waals surface area contributed by atoms with Crippen LogP contribution in [0.4, 0.5) is 0 Å². The summed E-state index contributed by atoms with van der Waals surface area (Å²) in [6.45, 7) is 6.87. The van der Waals surface area contributed by atoms with Gasteiger partial charge in [-0.2, -0.15) is 0 Å². The predicted octanol–water partition coefficient (Wildman–Crippen LogP) is 4.70. The van der Waals surface area contributed by atoms with Gasteiger partial charge in [-0.05, 0) is 36.0 Å². The quantitative estimate of drug-likeness (QED) is 0.737. The lowest BCUT2D eigenvalue weighted by molar-refractivity contribution is 0.413. The third-order valence-electron chi connectivity index (χ3n) is 3.87. The molecule has 1 atom stereocenters. The van der Waals surface area contributed by atoms with Crippen LogP contribution in [0.5, 0.6) is 0 Å². The van der Waals surface area contributed by atoms with E-state index in [1.54, 1.807) is 0 Å². The first kappa shape index (κ1) is 12.1. The van der Waals surface area contributed by atoms with E-state index in [0.717, 1.165) is 5.52 Å². The maximum Gasteiger partial charge on any atom is 0.0702 e. The standard InChI is InChI=1S/C16H21N/c1-4-10-16(3,5-2)14-11-13-8-6-7-9-15(13)17-12-14/h6-9,11-12H,4-5,10H2,1-3H3. The monoisotopic (exact) mass is 227 g/mol. The Labute approximate surface area is 104 Å². The van der Waals surface area contributed by atoms with Crippen LogP contribution in [0.1, 0.15) is 45.6 Å². The van der Waals surface area contributed by atoms with E-state index in [1.165, 1.54) is 30.2 Å². The van der Waals surface area contributed by atoms with Gasteiger partial charge < -0.3 is 0 Å². The van der Waals surface area contributed by atoms with Crippen molar-refractivity contribution in [2.45, 2.75) is 45.4 Å². The summed E-state index contributed by atoms with van der Waals surface area (Å²) in [5.41, 5.74) is 2.73. The molecule has 1 aromatic carbocycles. The molecule has 0 spiro atoms. The summed E-state index contributed by atoms with van der Waals surface area (Å²) in [7, 11) is 0. The number of benzene rings is 1. The van der Waals surface area contributed by atoms with Gasteiger partial charge in [0.15, 0.2) is 0 Å². The molecule has 2 rings (SSSR count). The van der Waals surface area contributed by atoms with E-state index >= 15 is 0 Å². The minimum absolute atomic E-state index is 0.270. The fourth-order valence-electron chi connectivity index (χ4n) is 2.48. The predicted molar refractivity (Wildman–Crippen MR) is 74.3 cm³/mol. The van der Waals surface area contributed by atoms with Gasteiger partial charge in [-0.3, -0.25) is 4.98 Å². The second kappa shape index (κ2) is 4.87. The fraction of sp³-hybridized carbons (Fsp3) is 0.438. The normalized spacial score (nSPS) is 14.8. The van der Waals surface area contributed by atoms with E-state index in [1.807, 2.05) is 6.07 Å². The Morgan fingerprint density at radius 1 is 1.18 bits per heavy atom. The highest BCUT2D eigenvalue weighted by atomic mass is 14.7.